The number of nitrogens with zero attached hydrogens (tertiary/aromatic N) is 1. The maximum Gasteiger partial charge on any atom is 0.0239 e. The zero-order valence-corrected chi connectivity index (χ0v) is 10.4. The fourth-order valence-electron chi connectivity index (χ4n) is 3.57. The molecule has 2 nitrogen and oxygen atoms in total. The molecule has 2 heterocycles. The molecule has 0 saturated carbocycles. The standard InChI is InChI=1S/C15H22N2/c16-13-9-14-7-4-8-15(10-13)17(14)11-12-5-2-1-3-6-12/h1-3,5-6,13-15H,4,7-11,16H2/t13-,14-,15+. The van der Waals surface area contributed by atoms with E-state index in [1.807, 2.05) is 0 Å². The van der Waals surface area contributed by atoms with Crippen molar-refractivity contribution < 1.29 is 0 Å². The van der Waals surface area contributed by atoms with Gasteiger partial charge in [0.05, 0.1) is 0 Å². The second-order valence-electron chi connectivity index (χ2n) is 5.63. The summed E-state index contributed by atoms with van der Waals surface area (Å²) in [5, 5.41) is 0. The minimum atomic E-state index is 0.442. The Morgan fingerprint density at radius 1 is 1.06 bits per heavy atom. The van der Waals surface area contributed by atoms with Gasteiger partial charge in [0.15, 0.2) is 0 Å². The smallest absolute Gasteiger partial charge is 0.0239 e. The summed E-state index contributed by atoms with van der Waals surface area (Å²) in [6.07, 6.45) is 6.48. The van der Waals surface area contributed by atoms with E-state index in [4.69, 9.17) is 5.73 Å². The molecule has 92 valence electrons. The normalized spacial score (nSPS) is 33.6. The summed E-state index contributed by atoms with van der Waals surface area (Å²) in [7, 11) is 0. The molecule has 0 unspecified atom stereocenters. The Bertz CT molecular complexity index is 348. The Kier molecular flexibility index (Phi) is 3.17. The molecular weight excluding hydrogens is 208 g/mol. The van der Waals surface area contributed by atoms with Crippen LogP contribution in [-0.4, -0.2) is 23.0 Å². The minimum Gasteiger partial charge on any atom is -0.328 e. The fourth-order valence-corrected chi connectivity index (χ4v) is 3.57. The first kappa shape index (κ1) is 11.2. The number of piperidine rings is 2. The maximum absolute atomic E-state index is 6.15. The van der Waals surface area contributed by atoms with Gasteiger partial charge in [0, 0.05) is 24.7 Å². The first-order valence-electron chi connectivity index (χ1n) is 6.88. The lowest BCUT2D eigenvalue weighted by Gasteiger charge is -2.48. The summed E-state index contributed by atoms with van der Waals surface area (Å²) in [6.45, 7) is 1.11. The van der Waals surface area contributed by atoms with Crippen LogP contribution >= 0.6 is 0 Å². The van der Waals surface area contributed by atoms with E-state index >= 15 is 0 Å². The number of hydrogen-bond donors (Lipinski definition) is 1. The average Bonchev–Trinajstić information content (AvgIpc) is 2.32. The maximum atomic E-state index is 6.15. The van der Waals surface area contributed by atoms with Crippen LogP contribution in [-0.2, 0) is 6.54 Å². The summed E-state index contributed by atoms with van der Waals surface area (Å²) in [5.74, 6) is 0. The predicted octanol–water partition coefficient (Wildman–Crippen LogP) is 2.53. The highest BCUT2D eigenvalue weighted by Crippen LogP contribution is 2.34. The number of hydrogen-bond acceptors (Lipinski definition) is 2. The Labute approximate surface area is 104 Å². The molecule has 2 N–H and O–H groups in total. The molecule has 17 heavy (non-hydrogen) atoms. The molecule has 3 atom stereocenters. The van der Waals surface area contributed by atoms with Crippen LogP contribution in [0.15, 0.2) is 30.3 Å². The van der Waals surface area contributed by atoms with Crippen LogP contribution in [0, 0.1) is 0 Å². The highest BCUT2D eigenvalue weighted by atomic mass is 15.2. The van der Waals surface area contributed by atoms with Crippen molar-refractivity contribution in [2.24, 2.45) is 5.73 Å². The summed E-state index contributed by atoms with van der Waals surface area (Å²) >= 11 is 0. The van der Waals surface area contributed by atoms with Gasteiger partial charge >= 0.3 is 0 Å². The lowest BCUT2D eigenvalue weighted by atomic mass is 9.82. The predicted molar refractivity (Wildman–Crippen MR) is 70.6 cm³/mol. The van der Waals surface area contributed by atoms with E-state index in [2.05, 4.69) is 35.2 Å². The summed E-state index contributed by atoms with van der Waals surface area (Å²) < 4.78 is 0. The molecule has 2 fully saturated rings. The molecule has 2 heteroatoms. The van der Waals surface area contributed by atoms with Crippen molar-refractivity contribution in [3.8, 4) is 0 Å². The zero-order valence-electron chi connectivity index (χ0n) is 10.4. The highest BCUT2D eigenvalue weighted by molar-refractivity contribution is 5.15. The first-order valence-corrected chi connectivity index (χ1v) is 6.88. The van der Waals surface area contributed by atoms with Crippen molar-refractivity contribution in [2.45, 2.75) is 56.8 Å². The average molecular weight is 230 g/mol. The van der Waals surface area contributed by atoms with E-state index in [0.717, 1.165) is 18.6 Å². The molecule has 0 aromatic heterocycles. The van der Waals surface area contributed by atoms with Crippen molar-refractivity contribution >= 4 is 0 Å². The summed E-state index contributed by atoms with van der Waals surface area (Å²) in [6, 6.07) is 12.8. The molecule has 1 aromatic rings. The van der Waals surface area contributed by atoms with Gasteiger partial charge in [0.1, 0.15) is 0 Å². The van der Waals surface area contributed by atoms with Gasteiger partial charge in [0.2, 0.25) is 0 Å². The van der Waals surface area contributed by atoms with Crippen molar-refractivity contribution in [2.75, 3.05) is 0 Å². The van der Waals surface area contributed by atoms with Crippen LogP contribution in [0.4, 0.5) is 0 Å². The van der Waals surface area contributed by atoms with E-state index in [1.165, 1.54) is 37.7 Å². The van der Waals surface area contributed by atoms with E-state index in [9.17, 15) is 0 Å². The highest BCUT2D eigenvalue weighted by Gasteiger charge is 2.36. The Morgan fingerprint density at radius 3 is 2.35 bits per heavy atom. The van der Waals surface area contributed by atoms with Gasteiger partial charge < -0.3 is 5.73 Å². The quantitative estimate of drug-likeness (QED) is 0.846. The molecular formula is C15H22N2. The zero-order chi connectivity index (χ0) is 11.7. The third-order valence-electron chi connectivity index (χ3n) is 4.37. The van der Waals surface area contributed by atoms with Crippen LogP contribution < -0.4 is 5.73 Å². The number of benzene rings is 1. The summed E-state index contributed by atoms with van der Waals surface area (Å²) in [5.41, 5.74) is 7.60. The molecule has 0 radical (unpaired) electrons. The lowest BCUT2D eigenvalue weighted by Crippen LogP contribution is -2.54. The van der Waals surface area contributed by atoms with E-state index in [-0.39, 0.29) is 0 Å². The SMILES string of the molecule is N[C@@H]1C[C@H]2CCC[C@@H](C1)N2Cc1ccccc1. The van der Waals surface area contributed by atoms with Crippen molar-refractivity contribution in [3.63, 3.8) is 0 Å². The minimum absolute atomic E-state index is 0.442. The van der Waals surface area contributed by atoms with Gasteiger partial charge in [0.25, 0.3) is 0 Å². The van der Waals surface area contributed by atoms with E-state index in [1.54, 1.807) is 0 Å². The largest absolute Gasteiger partial charge is 0.328 e. The summed E-state index contributed by atoms with van der Waals surface area (Å²) in [4.78, 5) is 2.71. The molecule has 2 aliphatic rings. The van der Waals surface area contributed by atoms with Gasteiger partial charge in [-0.25, -0.2) is 0 Å². The van der Waals surface area contributed by atoms with Crippen molar-refractivity contribution in [1.29, 1.82) is 0 Å². The van der Waals surface area contributed by atoms with Crippen molar-refractivity contribution in [1.82, 2.24) is 4.90 Å². The monoisotopic (exact) mass is 230 g/mol. The second-order valence-corrected chi connectivity index (χ2v) is 5.63. The topological polar surface area (TPSA) is 29.3 Å². The Morgan fingerprint density at radius 2 is 1.71 bits per heavy atom. The lowest BCUT2D eigenvalue weighted by molar-refractivity contribution is 0.0245. The molecule has 1 aromatic carbocycles. The molecule has 0 spiro atoms. The third kappa shape index (κ3) is 2.38. The van der Waals surface area contributed by atoms with Gasteiger partial charge in [-0.1, -0.05) is 36.8 Å². The van der Waals surface area contributed by atoms with Crippen LogP contribution in [0.25, 0.3) is 0 Å². The number of nitrogens with two attached hydrogens (primary N) is 1. The van der Waals surface area contributed by atoms with Crippen LogP contribution in [0.2, 0.25) is 0 Å². The molecule has 0 amide bonds. The third-order valence-corrected chi connectivity index (χ3v) is 4.37. The van der Waals surface area contributed by atoms with Gasteiger partial charge in [-0.2, -0.15) is 0 Å². The molecule has 0 aliphatic carbocycles. The van der Waals surface area contributed by atoms with Gasteiger partial charge in [-0.15, -0.1) is 0 Å². The van der Waals surface area contributed by atoms with Crippen LogP contribution in [0.1, 0.15) is 37.7 Å². The second kappa shape index (κ2) is 4.79. The Hall–Kier alpha value is -0.860. The van der Waals surface area contributed by atoms with Gasteiger partial charge in [-0.05, 0) is 31.2 Å². The van der Waals surface area contributed by atoms with E-state index in [0.29, 0.717) is 6.04 Å². The van der Waals surface area contributed by atoms with Crippen LogP contribution in [0.5, 0.6) is 0 Å². The first-order chi connectivity index (χ1) is 8.33. The molecule has 2 bridgehead atoms. The van der Waals surface area contributed by atoms with Crippen LogP contribution in [0.3, 0.4) is 0 Å². The van der Waals surface area contributed by atoms with E-state index < -0.39 is 0 Å². The molecule has 2 aliphatic heterocycles. The van der Waals surface area contributed by atoms with Gasteiger partial charge in [-0.3, -0.25) is 4.90 Å². The number of rotatable bonds is 2. The number of fused-ring (bicyclic) bond motifs is 2. The van der Waals surface area contributed by atoms with Crippen molar-refractivity contribution in [3.05, 3.63) is 35.9 Å². The fraction of sp³-hybridized carbons (Fsp3) is 0.600. The Balaban J connectivity index is 1.74. The molecule has 3 rings (SSSR count). The molecule has 2 saturated heterocycles.